The van der Waals surface area contributed by atoms with Gasteiger partial charge in [0.2, 0.25) is 5.91 Å². The number of guanidine groups is 1. The molecule has 1 aliphatic heterocycles. The molecule has 23 heavy (non-hydrogen) atoms. The van der Waals surface area contributed by atoms with Crippen molar-refractivity contribution < 1.29 is 4.79 Å². The van der Waals surface area contributed by atoms with E-state index in [1.54, 1.807) is 0 Å². The fraction of sp³-hybridized carbons (Fsp3) is 0.500. The lowest BCUT2D eigenvalue weighted by Gasteiger charge is -2.21. The summed E-state index contributed by atoms with van der Waals surface area (Å²) in [4.78, 5) is 18.3. The molecule has 1 aromatic carbocycles. The van der Waals surface area contributed by atoms with Gasteiger partial charge >= 0.3 is 0 Å². The fourth-order valence-corrected chi connectivity index (χ4v) is 2.69. The van der Waals surface area contributed by atoms with Crippen molar-refractivity contribution in [3.8, 4) is 0 Å². The number of nitrogens with zero attached hydrogens (tertiary/aromatic N) is 2. The van der Waals surface area contributed by atoms with Crippen LogP contribution in [0.5, 0.6) is 0 Å². The Morgan fingerprint density at radius 2 is 1.78 bits per heavy atom. The average molecular weight is 495 g/mol. The lowest BCUT2D eigenvalue weighted by atomic mass is 10.2. The van der Waals surface area contributed by atoms with Gasteiger partial charge in [-0.2, -0.15) is 0 Å². The Hall–Kier alpha value is -0.830. The zero-order valence-electron chi connectivity index (χ0n) is 13.1. The number of hydrogen-bond acceptors (Lipinski definition) is 2. The number of hydrogen-bond donors (Lipinski definition) is 2. The van der Waals surface area contributed by atoms with Crippen LogP contribution in [0.15, 0.2) is 33.7 Å². The first-order valence-electron chi connectivity index (χ1n) is 7.75. The van der Waals surface area contributed by atoms with Gasteiger partial charge in [-0.25, -0.2) is 0 Å². The zero-order valence-corrected chi connectivity index (χ0v) is 17.0. The Kier molecular flexibility index (Phi) is 9.54. The first-order valence-corrected chi connectivity index (χ1v) is 8.55. The molecular formula is C16H24BrIN4O. The van der Waals surface area contributed by atoms with Crippen LogP contribution in [0.3, 0.4) is 0 Å². The Morgan fingerprint density at radius 3 is 2.39 bits per heavy atom. The van der Waals surface area contributed by atoms with Gasteiger partial charge in [0, 0.05) is 29.7 Å². The number of benzene rings is 1. The predicted octanol–water partition coefficient (Wildman–Crippen LogP) is 3.59. The molecule has 0 radical (unpaired) electrons. The number of amides is 1. The Labute approximate surface area is 163 Å². The maximum absolute atomic E-state index is 11.9. The van der Waals surface area contributed by atoms with E-state index >= 15 is 0 Å². The summed E-state index contributed by atoms with van der Waals surface area (Å²) in [5.74, 6) is 0.521. The average Bonchev–Trinajstić information content (AvgIpc) is 2.79. The van der Waals surface area contributed by atoms with E-state index in [-0.39, 0.29) is 29.9 Å². The third-order valence-electron chi connectivity index (χ3n) is 3.67. The van der Waals surface area contributed by atoms with Crippen molar-refractivity contribution in [3.63, 3.8) is 0 Å². The number of carbonyl (C=O) groups is 1. The van der Waals surface area contributed by atoms with Crippen LogP contribution in [0.2, 0.25) is 0 Å². The molecule has 1 aliphatic rings. The van der Waals surface area contributed by atoms with E-state index in [0.29, 0.717) is 18.9 Å². The van der Waals surface area contributed by atoms with E-state index in [4.69, 9.17) is 5.73 Å². The molecule has 1 aromatic rings. The summed E-state index contributed by atoms with van der Waals surface area (Å²) < 4.78 is 0.986. The number of nitrogens with one attached hydrogen (secondary N) is 1. The quantitative estimate of drug-likeness (QED) is 0.381. The number of aliphatic imine (C=N–C) groups is 1. The molecule has 1 saturated heterocycles. The normalized spacial score (nSPS) is 15.5. The van der Waals surface area contributed by atoms with Gasteiger partial charge in [0.05, 0.1) is 6.54 Å². The second-order valence-corrected chi connectivity index (χ2v) is 6.36. The molecule has 0 spiro atoms. The number of rotatable bonds is 4. The molecule has 0 atom stereocenters. The smallest absolute Gasteiger partial charge is 0.226 e. The van der Waals surface area contributed by atoms with Crippen LogP contribution in [0.25, 0.3) is 0 Å². The summed E-state index contributed by atoms with van der Waals surface area (Å²) >= 11 is 3.36. The van der Waals surface area contributed by atoms with Gasteiger partial charge in [-0.3, -0.25) is 9.79 Å². The summed E-state index contributed by atoms with van der Waals surface area (Å²) in [5, 5.41) is 2.85. The summed E-state index contributed by atoms with van der Waals surface area (Å²) in [5.41, 5.74) is 6.80. The van der Waals surface area contributed by atoms with Crippen molar-refractivity contribution in [1.82, 2.24) is 4.90 Å². The monoisotopic (exact) mass is 494 g/mol. The molecule has 0 bridgehead atoms. The summed E-state index contributed by atoms with van der Waals surface area (Å²) in [6.07, 6.45) is 5.20. The zero-order chi connectivity index (χ0) is 15.8. The Morgan fingerprint density at radius 1 is 1.17 bits per heavy atom. The summed E-state index contributed by atoms with van der Waals surface area (Å²) in [6, 6.07) is 7.50. The largest absolute Gasteiger partial charge is 0.370 e. The third-order valence-corrected chi connectivity index (χ3v) is 4.20. The number of anilines is 1. The van der Waals surface area contributed by atoms with Crippen molar-refractivity contribution in [2.45, 2.75) is 32.1 Å². The van der Waals surface area contributed by atoms with Crippen LogP contribution in [0.4, 0.5) is 5.69 Å². The third kappa shape index (κ3) is 7.52. The molecule has 3 N–H and O–H groups in total. The highest BCUT2D eigenvalue weighted by molar-refractivity contribution is 14.0. The van der Waals surface area contributed by atoms with Crippen molar-refractivity contribution in [1.29, 1.82) is 0 Å². The minimum atomic E-state index is -0.0465. The van der Waals surface area contributed by atoms with Gasteiger partial charge in [-0.05, 0) is 37.1 Å². The standard InChI is InChI=1S/C16H23BrN4O.HI/c17-13-5-7-14(8-6-13)20-15(22)9-10-19-16(18)21-11-3-1-2-4-12-21;/h5-8H,1-4,9-12H2,(H2,18,19)(H,20,22);1H. The first-order chi connectivity index (χ1) is 10.6. The van der Waals surface area contributed by atoms with Gasteiger partial charge in [0.15, 0.2) is 5.96 Å². The number of halogens is 2. The highest BCUT2D eigenvalue weighted by atomic mass is 127. The van der Waals surface area contributed by atoms with Gasteiger partial charge < -0.3 is 16.0 Å². The van der Waals surface area contributed by atoms with Crippen LogP contribution in [0.1, 0.15) is 32.1 Å². The SMILES string of the molecule is I.NC(=NCCC(=O)Nc1ccc(Br)cc1)N1CCCCCC1. The van der Waals surface area contributed by atoms with Gasteiger partial charge in [0.1, 0.15) is 0 Å². The first kappa shape index (κ1) is 20.2. The van der Waals surface area contributed by atoms with Crippen molar-refractivity contribution in [3.05, 3.63) is 28.7 Å². The van der Waals surface area contributed by atoms with E-state index in [9.17, 15) is 4.79 Å². The molecule has 128 valence electrons. The molecule has 5 nitrogen and oxygen atoms in total. The maximum Gasteiger partial charge on any atom is 0.226 e. The second kappa shape index (κ2) is 10.9. The highest BCUT2D eigenvalue weighted by Crippen LogP contribution is 2.14. The van der Waals surface area contributed by atoms with E-state index < -0.39 is 0 Å². The van der Waals surface area contributed by atoms with Crippen molar-refractivity contribution >= 4 is 57.5 Å². The molecule has 0 saturated carbocycles. The van der Waals surface area contributed by atoms with Gasteiger partial charge in [-0.15, -0.1) is 24.0 Å². The van der Waals surface area contributed by atoms with Crippen LogP contribution in [0, 0.1) is 0 Å². The van der Waals surface area contributed by atoms with Crippen molar-refractivity contribution in [2.24, 2.45) is 10.7 Å². The molecule has 1 heterocycles. The Balaban J connectivity index is 0.00000264. The van der Waals surface area contributed by atoms with E-state index in [1.165, 1.54) is 25.7 Å². The molecule has 0 aromatic heterocycles. The number of nitrogens with two attached hydrogens (primary N) is 1. The summed E-state index contributed by atoms with van der Waals surface area (Å²) in [6.45, 7) is 2.37. The molecule has 1 fully saturated rings. The number of carbonyl (C=O) groups excluding carboxylic acids is 1. The van der Waals surface area contributed by atoms with Crippen LogP contribution >= 0.6 is 39.9 Å². The topological polar surface area (TPSA) is 70.7 Å². The Bertz CT molecular complexity index is 513. The maximum atomic E-state index is 11.9. The molecule has 0 unspecified atom stereocenters. The van der Waals surface area contributed by atoms with Crippen LogP contribution in [-0.2, 0) is 4.79 Å². The van der Waals surface area contributed by atoms with E-state index in [1.807, 2.05) is 24.3 Å². The molecule has 1 amide bonds. The van der Waals surface area contributed by atoms with Crippen LogP contribution < -0.4 is 11.1 Å². The van der Waals surface area contributed by atoms with E-state index in [2.05, 4.69) is 31.1 Å². The fourth-order valence-electron chi connectivity index (χ4n) is 2.43. The lowest BCUT2D eigenvalue weighted by Crippen LogP contribution is -2.38. The number of likely N-dealkylation sites (tertiary alicyclic amines) is 1. The molecule has 0 aliphatic carbocycles. The van der Waals surface area contributed by atoms with E-state index in [0.717, 1.165) is 23.2 Å². The molecule has 7 heteroatoms. The highest BCUT2D eigenvalue weighted by Gasteiger charge is 2.10. The second-order valence-electron chi connectivity index (χ2n) is 5.45. The van der Waals surface area contributed by atoms with Gasteiger partial charge in [0.25, 0.3) is 0 Å². The molecule has 2 rings (SSSR count). The lowest BCUT2D eigenvalue weighted by molar-refractivity contribution is -0.116. The minimum Gasteiger partial charge on any atom is -0.370 e. The van der Waals surface area contributed by atoms with Crippen molar-refractivity contribution in [2.75, 3.05) is 25.0 Å². The summed E-state index contributed by atoms with van der Waals surface area (Å²) in [7, 11) is 0. The molecular weight excluding hydrogens is 471 g/mol. The van der Waals surface area contributed by atoms with Gasteiger partial charge in [-0.1, -0.05) is 28.8 Å². The predicted molar refractivity (Wildman–Crippen MR) is 109 cm³/mol. The van der Waals surface area contributed by atoms with Crippen LogP contribution in [-0.4, -0.2) is 36.4 Å². The minimum absolute atomic E-state index is 0.